The Labute approximate surface area is 115 Å². The van der Waals surface area contributed by atoms with Gasteiger partial charge < -0.3 is 15.7 Å². The molecular weight excluding hydrogens is 264 g/mol. The highest BCUT2D eigenvalue weighted by Gasteiger charge is 2.18. The Morgan fingerprint density at radius 2 is 2.26 bits per heavy atom. The average molecular weight is 278 g/mol. The lowest BCUT2D eigenvalue weighted by Gasteiger charge is -2.13. The van der Waals surface area contributed by atoms with E-state index in [1.165, 1.54) is 0 Å². The summed E-state index contributed by atoms with van der Waals surface area (Å²) in [5.74, 6) is 1.05. The first-order valence-corrected chi connectivity index (χ1v) is 6.67. The molecule has 0 spiro atoms. The van der Waals surface area contributed by atoms with Gasteiger partial charge in [-0.05, 0) is 24.5 Å². The summed E-state index contributed by atoms with van der Waals surface area (Å²) < 4.78 is 0. The van der Waals surface area contributed by atoms with Crippen LogP contribution < -0.4 is 10.6 Å². The number of thioether (sulfide) groups is 1. The normalized spacial score (nSPS) is 11.2. The number of benzene rings is 1. The van der Waals surface area contributed by atoms with Gasteiger partial charge in [0.15, 0.2) is 0 Å². The molecule has 0 fully saturated rings. The number of nitrogens with one attached hydrogen (secondary N) is 2. The summed E-state index contributed by atoms with van der Waals surface area (Å²) in [5.41, 5.74) is 0.592. The number of hydrogen-bond acceptors (Lipinski definition) is 3. The molecule has 100 valence electrons. The number of carbonyl (C=O) groups is 2. The fourth-order valence-electron chi connectivity index (χ4n) is 1.34. The molecule has 3 N–H and O–H groups in total. The van der Waals surface area contributed by atoms with E-state index in [-0.39, 0.29) is 6.42 Å². The lowest BCUT2D eigenvalue weighted by atomic mass is 10.2. The molecule has 0 saturated carbocycles. The van der Waals surface area contributed by atoms with Crippen molar-refractivity contribution in [2.45, 2.75) is 17.4 Å². The van der Waals surface area contributed by atoms with Gasteiger partial charge >= 0.3 is 12.0 Å². The summed E-state index contributed by atoms with van der Waals surface area (Å²) in [7, 11) is 0. The molecule has 1 atom stereocenters. The van der Waals surface area contributed by atoms with Crippen molar-refractivity contribution in [3.63, 3.8) is 0 Å². The molecule has 0 bridgehead atoms. The maximum Gasteiger partial charge on any atom is 0.327 e. The Kier molecular flexibility index (Phi) is 5.76. The first-order chi connectivity index (χ1) is 9.06. The summed E-state index contributed by atoms with van der Waals surface area (Å²) >= 11 is 1.54. The molecule has 19 heavy (non-hydrogen) atoms. The van der Waals surface area contributed by atoms with Crippen LogP contribution in [0.15, 0.2) is 29.2 Å². The SMILES string of the molecule is C#CCC(NC(=O)Nc1cccc(SC)c1)C(=O)O. The summed E-state index contributed by atoms with van der Waals surface area (Å²) in [4.78, 5) is 23.5. The van der Waals surface area contributed by atoms with Crippen molar-refractivity contribution in [2.75, 3.05) is 11.6 Å². The second-order valence-corrected chi connectivity index (χ2v) is 4.51. The maximum atomic E-state index is 11.6. The average Bonchev–Trinajstić information content (AvgIpc) is 2.38. The van der Waals surface area contributed by atoms with Gasteiger partial charge in [0.25, 0.3) is 0 Å². The number of amides is 2. The van der Waals surface area contributed by atoms with Crippen LogP contribution in [0.5, 0.6) is 0 Å². The molecular formula is C13H14N2O3S. The second kappa shape index (κ2) is 7.34. The number of terminal acetylenes is 1. The van der Waals surface area contributed by atoms with Crippen LogP contribution in [0.4, 0.5) is 10.5 Å². The predicted molar refractivity (Wildman–Crippen MR) is 75.3 cm³/mol. The fraction of sp³-hybridized carbons (Fsp3) is 0.231. The Morgan fingerprint density at radius 1 is 1.53 bits per heavy atom. The highest BCUT2D eigenvalue weighted by atomic mass is 32.2. The topological polar surface area (TPSA) is 78.4 Å². The van der Waals surface area contributed by atoms with Gasteiger partial charge in [0.1, 0.15) is 6.04 Å². The third-order valence-corrected chi connectivity index (χ3v) is 2.98. The molecule has 6 heteroatoms. The van der Waals surface area contributed by atoms with Gasteiger partial charge in [-0.3, -0.25) is 0 Å². The molecule has 0 aliphatic rings. The molecule has 0 aromatic heterocycles. The number of aliphatic carboxylic acids is 1. The zero-order valence-electron chi connectivity index (χ0n) is 10.3. The fourth-order valence-corrected chi connectivity index (χ4v) is 1.80. The van der Waals surface area contributed by atoms with Crippen molar-refractivity contribution < 1.29 is 14.7 Å². The Balaban J connectivity index is 2.63. The van der Waals surface area contributed by atoms with Gasteiger partial charge in [0.05, 0.1) is 0 Å². The summed E-state index contributed by atoms with van der Waals surface area (Å²) in [6.07, 6.45) is 6.91. The van der Waals surface area contributed by atoms with E-state index in [1.807, 2.05) is 12.3 Å². The van der Waals surface area contributed by atoms with Crippen molar-refractivity contribution in [1.29, 1.82) is 0 Å². The van der Waals surface area contributed by atoms with Crippen molar-refractivity contribution >= 4 is 29.4 Å². The van der Waals surface area contributed by atoms with Gasteiger partial charge in [0.2, 0.25) is 0 Å². The van der Waals surface area contributed by atoms with E-state index < -0.39 is 18.0 Å². The van der Waals surface area contributed by atoms with Crippen LogP contribution in [0.3, 0.4) is 0 Å². The zero-order chi connectivity index (χ0) is 14.3. The van der Waals surface area contributed by atoms with E-state index in [0.29, 0.717) is 5.69 Å². The third-order valence-electron chi connectivity index (χ3n) is 2.25. The molecule has 2 amide bonds. The van der Waals surface area contributed by atoms with Crippen molar-refractivity contribution in [1.82, 2.24) is 5.32 Å². The van der Waals surface area contributed by atoms with E-state index >= 15 is 0 Å². The van der Waals surface area contributed by atoms with Crippen molar-refractivity contribution in [3.8, 4) is 12.3 Å². The van der Waals surface area contributed by atoms with Gasteiger partial charge in [0, 0.05) is 17.0 Å². The zero-order valence-corrected chi connectivity index (χ0v) is 11.2. The van der Waals surface area contributed by atoms with Crippen LogP contribution in [0.25, 0.3) is 0 Å². The first kappa shape index (κ1) is 14.9. The van der Waals surface area contributed by atoms with Crippen LogP contribution in [0.1, 0.15) is 6.42 Å². The van der Waals surface area contributed by atoms with Crippen molar-refractivity contribution in [2.24, 2.45) is 0 Å². The van der Waals surface area contributed by atoms with E-state index in [2.05, 4.69) is 16.6 Å². The van der Waals surface area contributed by atoms with E-state index in [1.54, 1.807) is 30.0 Å². The number of hydrogen-bond donors (Lipinski definition) is 3. The summed E-state index contributed by atoms with van der Waals surface area (Å²) in [5, 5.41) is 13.7. The molecule has 0 radical (unpaired) electrons. The van der Waals surface area contributed by atoms with Crippen LogP contribution in [-0.4, -0.2) is 29.4 Å². The third kappa shape index (κ3) is 4.94. The van der Waals surface area contributed by atoms with Crippen LogP contribution in [0, 0.1) is 12.3 Å². The van der Waals surface area contributed by atoms with Crippen molar-refractivity contribution in [3.05, 3.63) is 24.3 Å². The van der Waals surface area contributed by atoms with Crippen LogP contribution in [-0.2, 0) is 4.79 Å². The Morgan fingerprint density at radius 3 is 2.84 bits per heavy atom. The largest absolute Gasteiger partial charge is 0.480 e. The van der Waals surface area contributed by atoms with E-state index in [9.17, 15) is 9.59 Å². The highest BCUT2D eigenvalue weighted by molar-refractivity contribution is 7.98. The monoisotopic (exact) mass is 278 g/mol. The molecule has 0 aliphatic carbocycles. The lowest BCUT2D eigenvalue weighted by molar-refractivity contribution is -0.139. The lowest BCUT2D eigenvalue weighted by Crippen LogP contribution is -2.42. The molecule has 0 saturated heterocycles. The number of anilines is 1. The minimum absolute atomic E-state index is 0.0619. The van der Waals surface area contributed by atoms with Gasteiger partial charge in [-0.25, -0.2) is 9.59 Å². The predicted octanol–water partition coefficient (Wildman–Crippen LogP) is 2.01. The molecule has 0 heterocycles. The van der Waals surface area contributed by atoms with Gasteiger partial charge in [-0.2, -0.15) is 0 Å². The quantitative estimate of drug-likeness (QED) is 0.568. The number of carboxylic acid groups (broad SMARTS) is 1. The summed E-state index contributed by atoms with van der Waals surface area (Å²) in [6, 6.07) is 5.54. The molecule has 5 nitrogen and oxygen atoms in total. The Bertz CT molecular complexity index is 511. The molecule has 1 aromatic carbocycles. The van der Waals surface area contributed by atoms with Crippen LogP contribution >= 0.6 is 11.8 Å². The standard InChI is InChI=1S/C13H14N2O3S/c1-3-5-11(12(16)17)15-13(18)14-9-6-4-7-10(8-9)19-2/h1,4,6-8,11H,5H2,2H3,(H,16,17)(H2,14,15,18). The molecule has 1 aromatic rings. The smallest absolute Gasteiger partial charge is 0.327 e. The van der Waals surface area contributed by atoms with Gasteiger partial charge in [-0.15, -0.1) is 24.1 Å². The number of carboxylic acids is 1. The second-order valence-electron chi connectivity index (χ2n) is 3.63. The van der Waals surface area contributed by atoms with E-state index in [0.717, 1.165) is 4.90 Å². The minimum Gasteiger partial charge on any atom is -0.480 e. The van der Waals surface area contributed by atoms with E-state index in [4.69, 9.17) is 11.5 Å². The summed E-state index contributed by atoms with van der Waals surface area (Å²) in [6.45, 7) is 0. The van der Waals surface area contributed by atoms with Gasteiger partial charge in [-0.1, -0.05) is 6.07 Å². The maximum absolute atomic E-state index is 11.6. The number of rotatable bonds is 5. The number of carbonyl (C=O) groups excluding carboxylic acids is 1. The molecule has 1 unspecified atom stereocenters. The highest BCUT2D eigenvalue weighted by Crippen LogP contribution is 2.18. The van der Waals surface area contributed by atoms with Crippen LogP contribution in [0.2, 0.25) is 0 Å². The molecule has 1 rings (SSSR count). The number of urea groups is 1. The minimum atomic E-state index is -1.16. The Hall–Kier alpha value is -2.13. The first-order valence-electron chi connectivity index (χ1n) is 5.44. The molecule has 0 aliphatic heterocycles.